The predicted molar refractivity (Wildman–Crippen MR) is 86.0 cm³/mol. The second-order valence-electron chi connectivity index (χ2n) is 5.15. The van der Waals surface area contributed by atoms with Gasteiger partial charge in [-0.2, -0.15) is 8.78 Å². The van der Waals surface area contributed by atoms with Crippen LogP contribution < -0.4 is 15.4 Å². The molecule has 0 saturated carbocycles. The number of amides is 2. The summed E-state index contributed by atoms with van der Waals surface area (Å²) in [7, 11) is 0. The first-order chi connectivity index (χ1) is 11.5. The molecule has 0 aliphatic heterocycles. The summed E-state index contributed by atoms with van der Waals surface area (Å²) >= 11 is 0. The van der Waals surface area contributed by atoms with Crippen LogP contribution in [0.1, 0.15) is 16.8 Å². The molecule has 2 amide bonds. The Labute approximate surface area is 139 Å². The quantitative estimate of drug-likeness (QED) is 0.817. The van der Waals surface area contributed by atoms with Crippen LogP contribution >= 0.6 is 0 Å². The van der Waals surface area contributed by atoms with E-state index in [4.69, 9.17) is 0 Å². The van der Waals surface area contributed by atoms with Gasteiger partial charge in [-0.1, -0.05) is 24.3 Å². The summed E-state index contributed by atoms with van der Waals surface area (Å²) in [4.78, 5) is 16.0. The third-order valence-corrected chi connectivity index (χ3v) is 3.30. The number of hydrogen-bond donors (Lipinski definition) is 2. The van der Waals surface area contributed by atoms with Gasteiger partial charge in [-0.15, -0.1) is 0 Å². The third-order valence-electron chi connectivity index (χ3n) is 3.30. The minimum atomic E-state index is -2.90. The van der Waals surface area contributed by atoms with Gasteiger partial charge >= 0.3 is 12.6 Å². The molecule has 2 rings (SSSR count). The van der Waals surface area contributed by atoms with Gasteiger partial charge in [0.15, 0.2) is 0 Å². The van der Waals surface area contributed by atoms with Crippen molar-refractivity contribution in [1.29, 1.82) is 0 Å². The highest BCUT2D eigenvalue weighted by molar-refractivity contribution is 5.73. The summed E-state index contributed by atoms with van der Waals surface area (Å²) in [6.45, 7) is -0.444. The number of rotatable bonds is 7. The summed E-state index contributed by atoms with van der Waals surface area (Å²) in [6.07, 6.45) is 2.43. The second kappa shape index (κ2) is 8.81. The maximum absolute atomic E-state index is 12.3. The maximum atomic E-state index is 12.3. The van der Waals surface area contributed by atoms with Gasteiger partial charge in [0.2, 0.25) is 0 Å². The highest BCUT2D eigenvalue weighted by Crippen LogP contribution is 2.19. The predicted octanol–water partition coefficient (Wildman–Crippen LogP) is 3.03. The summed E-state index contributed by atoms with van der Waals surface area (Å²) in [5, 5.41) is 5.33. The number of alkyl halides is 2. The molecule has 1 heterocycles. The van der Waals surface area contributed by atoms with Crippen molar-refractivity contribution in [3.8, 4) is 5.75 Å². The molecule has 1 aromatic carbocycles. The molecule has 2 aromatic rings. The molecule has 5 nitrogen and oxygen atoms in total. The number of para-hydroxylation sites is 1. The van der Waals surface area contributed by atoms with Crippen molar-refractivity contribution in [2.45, 2.75) is 26.5 Å². The Balaban J connectivity index is 1.76. The molecular weight excluding hydrogens is 316 g/mol. The van der Waals surface area contributed by atoms with Gasteiger partial charge in [-0.25, -0.2) is 4.79 Å². The smallest absolute Gasteiger partial charge is 0.387 e. The van der Waals surface area contributed by atoms with Crippen molar-refractivity contribution in [2.24, 2.45) is 0 Å². The Kier molecular flexibility index (Phi) is 6.48. The number of urea groups is 1. The van der Waals surface area contributed by atoms with E-state index in [-0.39, 0.29) is 18.3 Å². The Morgan fingerprint density at radius 3 is 2.71 bits per heavy atom. The normalized spacial score (nSPS) is 10.5. The van der Waals surface area contributed by atoms with E-state index in [0.717, 1.165) is 11.3 Å². The number of nitrogens with one attached hydrogen (secondary N) is 2. The van der Waals surface area contributed by atoms with Gasteiger partial charge in [0, 0.05) is 30.5 Å². The van der Waals surface area contributed by atoms with E-state index < -0.39 is 6.61 Å². The zero-order chi connectivity index (χ0) is 17.4. The lowest BCUT2D eigenvalue weighted by molar-refractivity contribution is -0.0504. The number of nitrogens with zero attached hydrogens (tertiary/aromatic N) is 1. The van der Waals surface area contributed by atoms with E-state index in [1.807, 2.05) is 19.1 Å². The van der Waals surface area contributed by atoms with Crippen LogP contribution in [0.15, 0.2) is 42.6 Å². The van der Waals surface area contributed by atoms with Crippen LogP contribution in [0.25, 0.3) is 0 Å². The molecule has 0 bridgehead atoms. The number of benzene rings is 1. The molecule has 2 N–H and O–H groups in total. The van der Waals surface area contributed by atoms with E-state index in [9.17, 15) is 13.6 Å². The largest absolute Gasteiger partial charge is 0.434 e. The molecule has 0 aliphatic carbocycles. The standard InChI is InChI=1S/C17H19F2N3O2/c1-12-6-7-13(10-21-12)8-9-20-17(23)22-11-14-4-2-3-5-15(14)24-16(18)19/h2-7,10,16H,8-9,11H2,1H3,(H2,20,22,23). The van der Waals surface area contributed by atoms with E-state index in [0.29, 0.717) is 18.5 Å². The molecule has 128 valence electrons. The molecule has 0 radical (unpaired) electrons. The minimum absolute atomic E-state index is 0.0542. The zero-order valence-electron chi connectivity index (χ0n) is 13.3. The maximum Gasteiger partial charge on any atom is 0.387 e. The van der Waals surface area contributed by atoms with Crippen LogP contribution in [0.5, 0.6) is 5.75 Å². The van der Waals surface area contributed by atoms with Crippen molar-refractivity contribution < 1.29 is 18.3 Å². The van der Waals surface area contributed by atoms with Gasteiger partial charge in [-0.3, -0.25) is 4.98 Å². The topological polar surface area (TPSA) is 63.2 Å². The van der Waals surface area contributed by atoms with E-state index >= 15 is 0 Å². The third kappa shape index (κ3) is 5.83. The molecule has 24 heavy (non-hydrogen) atoms. The van der Waals surface area contributed by atoms with Crippen molar-refractivity contribution in [3.63, 3.8) is 0 Å². The number of aromatic nitrogens is 1. The van der Waals surface area contributed by atoms with Crippen molar-refractivity contribution in [3.05, 3.63) is 59.4 Å². The Hall–Kier alpha value is -2.70. The molecule has 7 heteroatoms. The fraction of sp³-hybridized carbons (Fsp3) is 0.294. The average Bonchev–Trinajstić information content (AvgIpc) is 2.55. The van der Waals surface area contributed by atoms with E-state index in [1.54, 1.807) is 24.4 Å². The number of pyridine rings is 1. The molecule has 0 unspecified atom stereocenters. The van der Waals surface area contributed by atoms with E-state index in [2.05, 4.69) is 20.4 Å². The molecule has 0 saturated heterocycles. The summed E-state index contributed by atoms with van der Waals surface area (Å²) < 4.78 is 29.1. The highest BCUT2D eigenvalue weighted by Gasteiger charge is 2.09. The van der Waals surface area contributed by atoms with Crippen molar-refractivity contribution in [1.82, 2.24) is 15.6 Å². The molecule has 1 aromatic heterocycles. The Bertz CT molecular complexity index is 663. The fourth-order valence-electron chi connectivity index (χ4n) is 2.07. The number of ether oxygens (including phenoxy) is 1. The molecule has 0 aliphatic rings. The van der Waals surface area contributed by atoms with Crippen LogP contribution in [0.4, 0.5) is 13.6 Å². The van der Waals surface area contributed by atoms with Crippen LogP contribution in [0.3, 0.4) is 0 Å². The number of carbonyl (C=O) groups excluding carboxylic acids is 1. The van der Waals surface area contributed by atoms with Crippen molar-refractivity contribution in [2.75, 3.05) is 6.54 Å². The molecular formula is C17H19F2N3O2. The molecule has 0 spiro atoms. The summed E-state index contributed by atoms with van der Waals surface area (Å²) in [5.41, 5.74) is 2.45. The van der Waals surface area contributed by atoms with E-state index in [1.165, 1.54) is 6.07 Å². The van der Waals surface area contributed by atoms with Crippen LogP contribution in [-0.4, -0.2) is 24.2 Å². The lowest BCUT2D eigenvalue weighted by Crippen LogP contribution is -2.36. The SMILES string of the molecule is Cc1ccc(CCNC(=O)NCc2ccccc2OC(F)F)cn1. The van der Waals surface area contributed by atoms with Gasteiger partial charge < -0.3 is 15.4 Å². The lowest BCUT2D eigenvalue weighted by Gasteiger charge is -2.12. The first kappa shape index (κ1) is 17.7. The number of hydrogen-bond acceptors (Lipinski definition) is 3. The van der Waals surface area contributed by atoms with Gasteiger partial charge in [0.05, 0.1) is 0 Å². The Morgan fingerprint density at radius 2 is 2.00 bits per heavy atom. The minimum Gasteiger partial charge on any atom is -0.434 e. The number of halogens is 2. The summed E-state index contributed by atoms with van der Waals surface area (Å²) in [6, 6.07) is 9.84. The van der Waals surface area contributed by atoms with Crippen LogP contribution in [0, 0.1) is 6.92 Å². The second-order valence-corrected chi connectivity index (χ2v) is 5.15. The van der Waals surface area contributed by atoms with Gasteiger partial charge in [0.25, 0.3) is 0 Å². The molecule has 0 atom stereocenters. The monoisotopic (exact) mass is 335 g/mol. The highest BCUT2D eigenvalue weighted by atomic mass is 19.3. The first-order valence-electron chi connectivity index (χ1n) is 7.50. The lowest BCUT2D eigenvalue weighted by atomic mass is 10.2. The number of aryl methyl sites for hydroxylation is 1. The average molecular weight is 335 g/mol. The van der Waals surface area contributed by atoms with Crippen molar-refractivity contribution >= 4 is 6.03 Å². The van der Waals surface area contributed by atoms with Crippen LogP contribution in [0.2, 0.25) is 0 Å². The summed E-state index contributed by atoms with van der Waals surface area (Å²) in [5.74, 6) is 0.0542. The van der Waals surface area contributed by atoms with Gasteiger partial charge in [-0.05, 0) is 31.0 Å². The first-order valence-corrected chi connectivity index (χ1v) is 7.50. The molecule has 0 fully saturated rings. The Morgan fingerprint density at radius 1 is 1.21 bits per heavy atom. The fourth-order valence-corrected chi connectivity index (χ4v) is 2.07. The number of carbonyl (C=O) groups is 1. The zero-order valence-corrected chi connectivity index (χ0v) is 13.3. The van der Waals surface area contributed by atoms with Crippen LogP contribution in [-0.2, 0) is 13.0 Å². The van der Waals surface area contributed by atoms with Gasteiger partial charge in [0.1, 0.15) is 5.75 Å².